The first-order valence-corrected chi connectivity index (χ1v) is 6.68. The van der Waals surface area contributed by atoms with Crippen molar-refractivity contribution >= 4 is 0 Å². The number of methoxy groups -OCH3 is 1. The number of nitrogens with one attached hydrogen (secondary N) is 1. The SMILES string of the molecule is CCc1ccc(CNCCCN(C)C)c(OC)c1. The summed E-state index contributed by atoms with van der Waals surface area (Å²) in [6.07, 6.45) is 2.22. The Bertz CT molecular complexity index is 350. The molecule has 0 aliphatic heterocycles. The molecule has 0 unspecified atom stereocenters. The van der Waals surface area contributed by atoms with Crippen LogP contribution in [0.5, 0.6) is 5.75 Å². The maximum absolute atomic E-state index is 5.43. The van der Waals surface area contributed by atoms with Crippen LogP contribution in [0.4, 0.5) is 0 Å². The van der Waals surface area contributed by atoms with Crippen LogP contribution in [0.1, 0.15) is 24.5 Å². The first-order valence-electron chi connectivity index (χ1n) is 6.68. The maximum atomic E-state index is 5.43. The molecule has 0 aliphatic carbocycles. The average molecular weight is 250 g/mol. The van der Waals surface area contributed by atoms with Gasteiger partial charge in [0.1, 0.15) is 5.75 Å². The third kappa shape index (κ3) is 5.07. The topological polar surface area (TPSA) is 24.5 Å². The Morgan fingerprint density at radius 3 is 2.67 bits per heavy atom. The maximum Gasteiger partial charge on any atom is 0.123 e. The standard InChI is InChI=1S/C15H26N2O/c1-5-13-7-8-14(15(11-13)18-4)12-16-9-6-10-17(2)3/h7-8,11,16H,5-6,9-10,12H2,1-4H3. The van der Waals surface area contributed by atoms with Crippen LogP contribution in [0.15, 0.2) is 18.2 Å². The Labute approximate surface area is 111 Å². The van der Waals surface area contributed by atoms with E-state index in [0.717, 1.165) is 31.8 Å². The number of rotatable bonds is 8. The molecule has 0 bridgehead atoms. The van der Waals surface area contributed by atoms with Crippen LogP contribution in [0.2, 0.25) is 0 Å². The molecule has 102 valence electrons. The summed E-state index contributed by atoms with van der Waals surface area (Å²) >= 11 is 0. The molecule has 0 saturated carbocycles. The zero-order valence-electron chi connectivity index (χ0n) is 12.1. The lowest BCUT2D eigenvalue weighted by Gasteiger charge is -2.12. The van der Waals surface area contributed by atoms with E-state index < -0.39 is 0 Å². The number of hydrogen-bond acceptors (Lipinski definition) is 3. The highest BCUT2D eigenvalue weighted by molar-refractivity contribution is 5.37. The second kappa shape index (κ2) is 8.11. The van der Waals surface area contributed by atoms with Gasteiger partial charge in [0.2, 0.25) is 0 Å². The molecular weight excluding hydrogens is 224 g/mol. The van der Waals surface area contributed by atoms with E-state index in [1.165, 1.54) is 17.5 Å². The molecular formula is C15H26N2O. The van der Waals surface area contributed by atoms with Crippen LogP contribution in [-0.2, 0) is 13.0 Å². The van der Waals surface area contributed by atoms with Crippen molar-refractivity contribution in [3.8, 4) is 5.75 Å². The van der Waals surface area contributed by atoms with Gasteiger partial charge in [0.25, 0.3) is 0 Å². The Hall–Kier alpha value is -1.06. The summed E-state index contributed by atoms with van der Waals surface area (Å²) in [6, 6.07) is 6.48. The van der Waals surface area contributed by atoms with Crippen molar-refractivity contribution in [3.05, 3.63) is 29.3 Å². The van der Waals surface area contributed by atoms with E-state index in [-0.39, 0.29) is 0 Å². The van der Waals surface area contributed by atoms with Crippen LogP contribution in [0, 0.1) is 0 Å². The predicted molar refractivity (Wildman–Crippen MR) is 77.2 cm³/mol. The molecule has 0 radical (unpaired) electrons. The Balaban J connectivity index is 2.41. The smallest absolute Gasteiger partial charge is 0.123 e. The largest absolute Gasteiger partial charge is 0.496 e. The van der Waals surface area contributed by atoms with Gasteiger partial charge in [-0.15, -0.1) is 0 Å². The number of nitrogens with zero attached hydrogens (tertiary/aromatic N) is 1. The van der Waals surface area contributed by atoms with Gasteiger partial charge in [0, 0.05) is 12.1 Å². The number of aryl methyl sites for hydroxylation is 1. The highest BCUT2D eigenvalue weighted by atomic mass is 16.5. The van der Waals surface area contributed by atoms with Gasteiger partial charge < -0.3 is 15.0 Å². The molecule has 0 spiro atoms. The van der Waals surface area contributed by atoms with E-state index >= 15 is 0 Å². The van der Waals surface area contributed by atoms with Crippen molar-refractivity contribution in [2.24, 2.45) is 0 Å². The van der Waals surface area contributed by atoms with Crippen LogP contribution < -0.4 is 10.1 Å². The van der Waals surface area contributed by atoms with Crippen molar-refractivity contribution in [3.63, 3.8) is 0 Å². The fourth-order valence-corrected chi connectivity index (χ4v) is 1.90. The molecule has 3 nitrogen and oxygen atoms in total. The van der Waals surface area contributed by atoms with E-state index in [1.807, 2.05) is 0 Å². The van der Waals surface area contributed by atoms with Gasteiger partial charge in [-0.1, -0.05) is 19.1 Å². The molecule has 0 heterocycles. The van der Waals surface area contributed by atoms with Crippen molar-refractivity contribution in [2.45, 2.75) is 26.3 Å². The second-order valence-electron chi connectivity index (χ2n) is 4.83. The molecule has 1 aromatic rings. The first-order chi connectivity index (χ1) is 8.67. The van der Waals surface area contributed by atoms with Crippen LogP contribution >= 0.6 is 0 Å². The minimum absolute atomic E-state index is 0.876. The van der Waals surface area contributed by atoms with Gasteiger partial charge in [-0.25, -0.2) is 0 Å². The van der Waals surface area contributed by atoms with Gasteiger partial charge in [0.05, 0.1) is 7.11 Å². The summed E-state index contributed by atoms with van der Waals surface area (Å²) in [4.78, 5) is 2.21. The zero-order valence-corrected chi connectivity index (χ0v) is 12.1. The van der Waals surface area contributed by atoms with E-state index in [2.05, 4.69) is 49.4 Å². The Morgan fingerprint density at radius 1 is 1.28 bits per heavy atom. The minimum atomic E-state index is 0.876. The van der Waals surface area contributed by atoms with Crippen molar-refractivity contribution < 1.29 is 4.74 Å². The van der Waals surface area contributed by atoms with Gasteiger partial charge in [-0.2, -0.15) is 0 Å². The fourth-order valence-electron chi connectivity index (χ4n) is 1.90. The van der Waals surface area contributed by atoms with E-state index in [0.29, 0.717) is 0 Å². The van der Waals surface area contributed by atoms with E-state index in [9.17, 15) is 0 Å². The zero-order chi connectivity index (χ0) is 13.4. The molecule has 1 N–H and O–H groups in total. The van der Waals surface area contributed by atoms with Gasteiger partial charge in [-0.3, -0.25) is 0 Å². The van der Waals surface area contributed by atoms with Crippen molar-refractivity contribution in [1.82, 2.24) is 10.2 Å². The monoisotopic (exact) mass is 250 g/mol. The third-order valence-corrected chi connectivity index (χ3v) is 3.03. The number of ether oxygens (including phenoxy) is 1. The summed E-state index contributed by atoms with van der Waals surface area (Å²) in [6.45, 7) is 5.20. The summed E-state index contributed by atoms with van der Waals surface area (Å²) in [7, 11) is 5.95. The molecule has 0 atom stereocenters. The highest BCUT2D eigenvalue weighted by Gasteiger charge is 2.03. The number of hydrogen-bond donors (Lipinski definition) is 1. The van der Waals surface area contributed by atoms with Crippen LogP contribution in [-0.4, -0.2) is 39.2 Å². The molecule has 0 saturated heterocycles. The lowest BCUT2D eigenvalue weighted by atomic mass is 10.1. The van der Waals surface area contributed by atoms with Crippen molar-refractivity contribution in [2.75, 3.05) is 34.3 Å². The van der Waals surface area contributed by atoms with Crippen LogP contribution in [0.25, 0.3) is 0 Å². The molecule has 0 fully saturated rings. The average Bonchev–Trinajstić information content (AvgIpc) is 2.38. The molecule has 0 aliphatic rings. The second-order valence-corrected chi connectivity index (χ2v) is 4.83. The predicted octanol–water partition coefficient (Wildman–Crippen LogP) is 2.30. The van der Waals surface area contributed by atoms with E-state index in [1.54, 1.807) is 7.11 Å². The first kappa shape index (κ1) is 15.0. The molecule has 1 rings (SSSR count). The molecule has 0 aromatic heterocycles. The number of benzene rings is 1. The summed E-state index contributed by atoms with van der Waals surface area (Å²) in [5, 5.41) is 3.46. The molecule has 0 amide bonds. The summed E-state index contributed by atoms with van der Waals surface area (Å²) in [5.41, 5.74) is 2.56. The summed E-state index contributed by atoms with van der Waals surface area (Å²) < 4.78 is 5.43. The van der Waals surface area contributed by atoms with E-state index in [4.69, 9.17) is 4.74 Å². The lowest BCUT2D eigenvalue weighted by molar-refractivity contribution is 0.391. The van der Waals surface area contributed by atoms with Crippen molar-refractivity contribution in [1.29, 1.82) is 0 Å². The molecule has 18 heavy (non-hydrogen) atoms. The third-order valence-electron chi connectivity index (χ3n) is 3.03. The van der Waals surface area contributed by atoms with Crippen LogP contribution in [0.3, 0.4) is 0 Å². The lowest BCUT2D eigenvalue weighted by Crippen LogP contribution is -2.21. The Morgan fingerprint density at radius 2 is 2.06 bits per heavy atom. The minimum Gasteiger partial charge on any atom is -0.496 e. The Kier molecular flexibility index (Phi) is 6.76. The quantitative estimate of drug-likeness (QED) is 0.717. The normalized spacial score (nSPS) is 10.9. The van der Waals surface area contributed by atoms with Gasteiger partial charge >= 0.3 is 0 Å². The summed E-state index contributed by atoms with van der Waals surface area (Å²) in [5.74, 6) is 0.995. The molecule has 3 heteroatoms. The van der Waals surface area contributed by atoms with Gasteiger partial charge in [0.15, 0.2) is 0 Å². The fraction of sp³-hybridized carbons (Fsp3) is 0.600. The molecule has 1 aromatic carbocycles. The van der Waals surface area contributed by atoms with Gasteiger partial charge in [-0.05, 0) is 51.7 Å². The highest BCUT2D eigenvalue weighted by Crippen LogP contribution is 2.20.